The SMILES string of the molecule is NCCC1CCCCN1Cc1ccc(O)cc1O. The highest BCUT2D eigenvalue weighted by Crippen LogP contribution is 2.27. The first-order chi connectivity index (χ1) is 8.70. The zero-order valence-corrected chi connectivity index (χ0v) is 10.7. The van der Waals surface area contributed by atoms with E-state index < -0.39 is 0 Å². The Morgan fingerprint density at radius 3 is 2.83 bits per heavy atom. The zero-order chi connectivity index (χ0) is 13.0. The fraction of sp³-hybridized carbons (Fsp3) is 0.571. The Hall–Kier alpha value is -1.26. The topological polar surface area (TPSA) is 69.7 Å². The number of rotatable bonds is 4. The van der Waals surface area contributed by atoms with Crippen molar-refractivity contribution in [2.45, 2.75) is 38.3 Å². The van der Waals surface area contributed by atoms with Crippen LogP contribution >= 0.6 is 0 Å². The number of nitrogens with two attached hydrogens (primary N) is 1. The molecule has 2 rings (SSSR count). The smallest absolute Gasteiger partial charge is 0.123 e. The molecule has 0 amide bonds. The van der Waals surface area contributed by atoms with Gasteiger partial charge in [-0.05, 0) is 38.4 Å². The molecule has 100 valence electrons. The van der Waals surface area contributed by atoms with Gasteiger partial charge in [0.15, 0.2) is 0 Å². The molecule has 0 saturated carbocycles. The molecule has 1 aliphatic rings. The van der Waals surface area contributed by atoms with Crippen LogP contribution in [0.2, 0.25) is 0 Å². The van der Waals surface area contributed by atoms with E-state index in [4.69, 9.17) is 5.73 Å². The predicted molar refractivity (Wildman–Crippen MR) is 71.5 cm³/mol. The highest BCUT2D eigenvalue weighted by atomic mass is 16.3. The van der Waals surface area contributed by atoms with Crippen molar-refractivity contribution in [3.63, 3.8) is 0 Å². The standard InChI is InChI=1S/C14H22N2O2/c15-7-6-12-3-1-2-8-16(12)10-11-4-5-13(17)9-14(11)18/h4-5,9,12,17-18H,1-3,6-8,10,15H2. The van der Waals surface area contributed by atoms with Gasteiger partial charge >= 0.3 is 0 Å². The number of piperidine rings is 1. The van der Waals surface area contributed by atoms with E-state index in [2.05, 4.69) is 4.90 Å². The molecule has 1 aromatic rings. The average Bonchev–Trinajstić information content (AvgIpc) is 2.35. The van der Waals surface area contributed by atoms with Crippen LogP contribution < -0.4 is 5.73 Å². The van der Waals surface area contributed by atoms with Crippen molar-refractivity contribution in [1.82, 2.24) is 4.90 Å². The minimum absolute atomic E-state index is 0.105. The summed E-state index contributed by atoms with van der Waals surface area (Å²) in [6.45, 7) is 2.50. The lowest BCUT2D eigenvalue weighted by Crippen LogP contribution is -2.40. The Kier molecular flexibility index (Phi) is 4.44. The fourth-order valence-electron chi connectivity index (χ4n) is 2.69. The molecule has 0 aromatic heterocycles. The molecule has 1 atom stereocenters. The van der Waals surface area contributed by atoms with E-state index in [0.29, 0.717) is 12.6 Å². The van der Waals surface area contributed by atoms with Crippen molar-refractivity contribution < 1.29 is 10.2 Å². The zero-order valence-electron chi connectivity index (χ0n) is 10.7. The van der Waals surface area contributed by atoms with E-state index in [1.807, 2.05) is 0 Å². The fourth-order valence-corrected chi connectivity index (χ4v) is 2.69. The summed E-state index contributed by atoms with van der Waals surface area (Å²) in [6.07, 6.45) is 4.68. The van der Waals surface area contributed by atoms with Crippen LogP contribution in [0.3, 0.4) is 0 Å². The lowest BCUT2D eigenvalue weighted by molar-refractivity contribution is 0.133. The molecule has 1 unspecified atom stereocenters. The van der Waals surface area contributed by atoms with Crippen LogP contribution in [0.1, 0.15) is 31.2 Å². The summed E-state index contributed by atoms with van der Waals surface area (Å²) in [5.74, 6) is 0.278. The maximum absolute atomic E-state index is 9.83. The summed E-state index contributed by atoms with van der Waals surface area (Å²) in [4.78, 5) is 2.39. The summed E-state index contributed by atoms with van der Waals surface area (Å²) in [7, 11) is 0. The lowest BCUT2D eigenvalue weighted by atomic mass is 9.98. The Balaban J connectivity index is 2.06. The van der Waals surface area contributed by atoms with Crippen LogP contribution in [0, 0.1) is 0 Å². The van der Waals surface area contributed by atoms with Gasteiger partial charge < -0.3 is 15.9 Å². The second kappa shape index (κ2) is 6.07. The molecule has 4 N–H and O–H groups in total. The third kappa shape index (κ3) is 3.15. The van der Waals surface area contributed by atoms with E-state index in [9.17, 15) is 10.2 Å². The van der Waals surface area contributed by atoms with Crippen molar-refractivity contribution in [2.75, 3.05) is 13.1 Å². The first-order valence-electron chi connectivity index (χ1n) is 6.65. The molecule has 0 spiro atoms. The third-order valence-corrected chi connectivity index (χ3v) is 3.69. The van der Waals surface area contributed by atoms with Gasteiger partial charge in [-0.15, -0.1) is 0 Å². The molecule has 18 heavy (non-hydrogen) atoms. The lowest BCUT2D eigenvalue weighted by Gasteiger charge is -2.35. The summed E-state index contributed by atoms with van der Waals surface area (Å²) >= 11 is 0. The van der Waals surface area contributed by atoms with Gasteiger partial charge in [-0.1, -0.05) is 12.5 Å². The number of hydrogen-bond donors (Lipinski definition) is 3. The number of benzene rings is 1. The van der Waals surface area contributed by atoms with Crippen LogP contribution in [0.5, 0.6) is 11.5 Å². The molecule has 0 bridgehead atoms. The maximum Gasteiger partial charge on any atom is 0.123 e. The summed E-state index contributed by atoms with van der Waals surface area (Å²) in [5.41, 5.74) is 6.53. The average molecular weight is 250 g/mol. The van der Waals surface area contributed by atoms with Gasteiger partial charge in [0.2, 0.25) is 0 Å². The summed E-state index contributed by atoms with van der Waals surface area (Å²) in [6, 6.07) is 5.34. The van der Waals surface area contributed by atoms with Crippen LogP contribution in [-0.4, -0.2) is 34.2 Å². The van der Waals surface area contributed by atoms with Gasteiger partial charge in [0.25, 0.3) is 0 Å². The van der Waals surface area contributed by atoms with Gasteiger partial charge in [0.1, 0.15) is 11.5 Å². The van der Waals surface area contributed by atoms with E-state index in [1.165, 1.54) is 25.3 Å². The highest BCUT2D eigenvalue weighted by molar-refractivity contribution is 5.38. The molecule has 1 heterocycles. The highest BCUT2D eigenvalue weighted by Gasteiger charge is 2.22. The molecule has 1 aromatic carbocycles. The molecule has 1 fully saturated rings. The van der Waals surface area contributed by atoms with Crippen LogP contribution in [0.15, 0.2) is 18.2 Å². The Morgan fingerprint density at radius 2 is 2.11 bits per heavy atom. The molecule has 4 heteroatoms. The summed E-state index contributed by atoms with van der Waals surface area (Å²) < 4.78 is 0. The Morgan fingerprint density at radius 1 is 1.28 bits per heavy atom. The Bertz CT molecular complexity index is 393. The third-order valence-electron chi connectivity index (χ3n) is 3.69. The molecule has 1 saturated heterocycles. The van der Waals surface area contributed by atoms with E-state index in [-0.39, 0.29) is 11.5 Å². The van der Waals surface area contributed by atoms with Crippen molar-refractivity contribution >= 4 is 0 Å². The minimum Gasteiger partial charge on any atom is -0.508 e. The van der Waals surface area contributed by atoms with Gasteiger partial charge in [0.05, 0.1) is 0 Å². The van der Waals surface area contributed by atoms with Crippen LogP contribution in [-0.2, 0) is 6.54 Å². The second-order valence-corrected chi connectivity index (χ2v) is 5.01. The number of phenolic OH excluding ortho intramolecular Hbond substituents is 2. The molecular weight excluding hydrogens is 228 g/mol. The molecule has 0 radical (unpaired) electrons. The van der Waals surface area contributed by atoms with Crippen molar-refractivity contribution in [2.24, 2.45) is 5.73 Å². The largest absolute Gasteiger partial charge is 0.508 e. The van der Waals surface area contributed by atoms with E-state index in [1.54, 1.807) is 12.1 Å². The quantitative estimate of drug-likeness (QED) is 0.762. The van der Waals surface area contributed by atoms with Crippen molar-refractivity contribution in [1.29, 1.82) is 0 Å². The summed E-state index contributed by atoms with van der Waals surface area (Å²) in [5, 5.41) is 19.1. The predicted octanol–water partition coefficient (Wildman–Crippen LogP) is 1.80. The second-order valence-electron chi connectivity index (χ2n) is 5.01. The first-order valence-corrected chi connectivity index (χ1v) is 6.65. The monoisotopic (exact) mass is 250 g/mol. The number of likely N-dealkylation sites (tertiary alicyclic amines) is 1. The number of nitrogens with zero attached hydrogens (tertiary/aromatic N) is 1. The minimum atomic E-state index is 0.105. The van der Waals surface area contributed by atoms with Crippen molar-refractivity contribution in [3.8, 4) is 11.5 Å². The number of hydrogen-bond acceptors (Lipinski definition) is 4. The van der Waals surface area contributed by atoms with Gasteiger partial charge in [0, 0.05) is 24.2 Å². The number of aromatic hydroxyl groups is 2. The number of phenols is 2. The maximum atomic E-state index is 9.83. The first kappa shape index (κ1) is 13.2. The van der Waals surface area contributed by atoms with E-state index in [0.717, 1.165) is 25.1 Å². The molecular formula is C14H22N2O2. The Labute approximate surface area is 108 Å². The molecule has 1 aliphatic heterocycles. The van der Waals surface area contributed by atoms with Gasteiger partial charge in [-0.2, -0.15) is 0 Å². The van der Waals surface area contributed by atoms with E-state index >= 15 is 0 Å². The van der Waals surface area contributed by atoms with Crippen LogP contribution in [0.25, 0.3) is 0 Å². The van der Waals surface area contributed by atoms with Gasteiger partial charge in [-0.25, -0.2) is 0 Å². The van der Waals surface area contributed by atoms with Gasteiger partial charge in [-0.3, -0.25) is 4.90 Å². The molecule has 0 aliphatic carbocycles. The molecule has 4 nitrogen and oxygen atoms in total. The van der Waals surface area contributed by atoms with Crippen LogP contribution in [0.4, 0.5) is 0 Å². The normalized spacial score (nSPS) is 21.1. The van der Waals surface area contributed by atoms with Crippen molar-refractivity contribution in [3.05, 3.63) is 23.8 Å².